The van der Waals surface area contributed by atoms with Crippen molar-refractivity contribution in [1.29, 1.82) is 0 Å². The molecule has 2 aromatic heterocycles. The Kier molecular flexibility index (Phi) is 4.10. The Morgan fingerprint density at radius 1 is 1.19 bits per heavy atom. The molecule has 0 aliphatic carbocycles. The average Bonchev–Trinajstić information content (AvgIpc) is 2.98. The van der Waals surface area contributed by atoms with E-state index in [0.29, 0.717) is 31.7 Å². The molecule has 7 nitrogen and oxygen atoms in total. The molecule has 134 valence electrons. The van der Waals surface area contributed by atoms with E-state index in [4.69, 9.17) is 0 Å². The highest BCUT2D eigenvalue weighted by Gasteiger charge is 2.50. The fraction of sp³-hybridized carbons (Fsp3) is 0.389. The minimum absolute atomic E-state index is 0.00529. The quantitative estimate of drug-likeness (QED) is 0.766. The lowest BCUT2D eigenvalue weighted by Crippen LogP contribution is -2.50. The lowest BCUT2D eigenvalue weighted by Gasteiger charge is -2.39. The number of piperidine rings is 1. The van der Waals surface area contributed by atoms with Crippen LogP contribution in [-0.2, 0) is 4.79 Å². The number of anilines is 1. The van der Waals surface area contributed by atoms with Gasteiger partial charge in [0.1, 0.15) is 6.33 Å². The lowest BCUT2D eigenvalue weighted by molar-refractivity contribution is -0.127. The smallest absolute Gasteiger partial charge is 0.254 e. The number of rotatable bonds is 2. The largest absolute Gasteiger partial charge is 0.338 e. The molecule has 0 radical (unpaired) electrons. The van der Waals surface area contributed by atoms with Crippen LogP contribution in [0.5, 0.6) is 0 Å². The molecule has 2 amide bonds. The Bertz CT molecular complexity index is 846. The van der Waals surface area contributed by atoms with Crippen LogP contribution in [0.3, 0.4) is 0 Å². The van der Waals surface area contributed by atoms with E-state index in [2.05, 4.69) is 15.0 Å². The first-order chi connectivity index (χ1) is 12.6. The molecule has 4 heterocycles. The third-order valence-electron chi connectivity index (χ3n) is 5.21. The second-order valence-corrected chi connectivity index (χ2v) is 6.78. The molecule has 1 spiro atoms. The minimum atomic E-state index is -0.685. The van der Waals surface area contributed by atoms with E-state index in [1.54, 1.807) is 22.2 Å². The molecule has 0 saturated carbocycles. The first kappa shape index (κ1) is 16.6. The van der Waals surface area contributed by atoms with E-state index in [1.165, 1.54) is 18.6 Å². The van der Waals surface area contributed by atoms with Crippen molar-refractivity contribution in [3.8, 4) is 0 Å². The number of carbonyl (C=O) groups excluding carboxylic acids is 2. The molecule has 0 N–H and O–H groups in total. The SMILES string of the molecule is O=C(c1ccnc(F)c1)N1CCC[C@]2(CCN(c3cncnc3)C2=O)C1. The topological polar surface area (TPSA) is 79.3 Å². The normalized spacial score (nSPS) is 22.9. The number of amides is 2. The van der Waals surface area contributed by atoms with Gasteiger partial charge in [0, 0.05) is 37.5 Å². The Hall–Kier alpha value is -2.90. The van der Waals surface area contributed by atoms with Crippen LogP contribution >= 0.6 is 0 Å². The summed E-state index contributed by atoms with van der Waals surface area (Å²) in [6.07, 6.45) is 8.10. The molecule has 1 atom stereocenters. The van der Waals surface area contributed by atoms with Crippen molar-refractivity contribution in [1.82, 2.24) is 19.9 Å². The van der Waals surface area contributed by atoms with Gasteiger partial charge in [0.05, 0.1) is 23.5 Å². The van der Waals surface area contributed by atoms with E-state index in [9.17, 15) is 14.0 Å². The maximum absolute atomic E-state index is 13.3. The van der Waals surface area contributed by atoms with Crippen LogP contribution in [0.15, 0.2) is 37.1 Å². The van der Waals surface area contributed by atoms with Crippen LogP contribution in [0, 0.1) is 11.4 Å². The van der Waals surface area contributed by atoms with Crippen molar-refractivity contribution in [2.45, 2.75) is 19.3 Å². The van der Waals surface area contributed by atoms with E-state index in [1.807, 2.05) is 0 Å². The predicted molar refractivity (Wildman–Crippen MR) is 90.8 cm³/mol. The number of hydrogen-bond donors (Lipinski definition) is 0. The number of aromatic nitrogens is 3. The van der Waals surface area contributed by atoms with Crippen LogP contribution in [0.4, 0.5) is 10.1 Å². The third kappa shape index (κ3) is 2.81. The van der Waals surface area contributed by atoms with Gasteiger partial charge in [-0.15, -0.1) is 0 Å². The zero-order chi connectivity index (χ0) is 18.1. The number of nitrogens with zero attached hydrogens (tertiary/aromatic N) is 5. The van der Waals surface area contributed by atoms with Crippen LogP contribution < -0.4 is 4.90 Å². The second kappa shape index (κ2) is 6.44. The van der Waals surface area contributed by atoms with Crippen LogP contribution in [0.2, 0.25) is 0 Å². The number of halogens is 1. The summed E-state index contributed by atoms with van der Waals surface area (Å²) >= 11 is 0. The van der Waals surface area contributed by atoms with Crippen molar-refractivity contribution in [3.05, 3.63) is 48.6 Å². The van der Waals surface area contributed by atoms with Gasteiger partial charge in [-0.3, -0.25) is 9.59 Å². The van der Waals surface area contributed by atoms with E-state index in [-0.39, 0.29) is 17.4 Å². The van der Waals surface area contributed by atoms with Crippen molar-refractivity contribution < 1.29 is 14.0 Å². The van der Waals surface area contributed by atoms with Crippen LogP contribution in [0.25, 0.3) is 0 Å². The molecule has 2 aromatic rings. The summed E-state index contributed by atoms with van der Waals surface area (Å²) in [6, 6.07) is 2.63. The maximum atomic E-state index is 13.3. The molecule has 8 heteroatoms. The Morgan fingerprint density at radius 3 is 2.77 bits per heavy atom. The Morgan fingerprint density at radius 2 is 2.00 bits per heavy atom. The molecular weight excluding hydrogens is 337 g/mol. The standard InChI is InChI=1S/C18H18FN5O2/c19-15-8-13(2-5-22-15)16(25)23-6-1-3-18(11-23)4-7-24(17(18)26)14-9-20-12-21-10-14/h2,5,8-10,12H,1,3-4,6-7,11H2/t18-/m0/s1. The number of hydrogen-bond acceptors (Lipinski definition) is 5. The van der Waals surface area contributed by atoms with Gasteiger partial charge in [0.25, 0.3) is 5.91 Å². The molecule has 26 heavy (non-hydrogen) atoms. The minimum Gasteiger partial charge on any atom is -0.338 e. The highest BCUT2D eigenvalue weighted by Crippen LogP contribution is 2.41. The highest BCUT2D eigenvalue weighted by atomic mass is 19.1. The molecule has 0 unspecified atom stereocenters. The molecule has 2 aliphatic heterocycles. The number of likely N-dealkylation sites (tertiary alicyclic amines) is 1. The molecule has 0 bridgehead atoms. The first-order valence-electron chi connectivity index (χ1n) is 8.57. The second-order valence-electron chi connectivity index (χ2n) is 6.78. The van der Waals surface area contributed by atoms with Gasteiger partial charge in [0.2, 0.25) is 11.9 Å². The zero-order valence-electron chi connectivity index (χ0n) is 14.1. The summed E-state index contributed by atoms with van der Waals surface area (Å²) in [5, 5.41) is 0. The Labute approximate surface area is 149 Å². The van der Waals surface area contributed by atoms with E-state index >= 15 is 0 Å². The summed E-state index contributed by atoms with van der Waals surface area (Å²) in [7, 11) is 0. The molecule has 0 aromatic carbocycles. The average molecular weight is 355 g/mol. The van der Waals surface area contributed by atoms with Gasteiger partial charge in [-0.2, -0.15) is 4.39 Å². The Balaban J connectivity index is 1.55. The molecule has 2 aliphatic rings. The van der Waals surface area contributed by atoms with Crippen LogP contribution in [-0.4, -0.2) is 51.3 Å². The molecule has 2 saturated heterocycles. The van der Waals surface area contributed by atoms with Gasteiger partial charge in [0.15, 0.2) is 0 Å². The van der Waals surface area contributed by atoms with Gasteiger partial charge in [-0.25, -0.2) is 15.0 Å². The highest BCUT2D eigenvalue weighted by molar-refractivity contribution is 6.01. The molecule has 2 fully saturated rings. The maximum Gasteiger partial charge on any atom is 0.254 e. The summed E-state index contributed by atoms with van der Waals surface area (Å²) in [5.41, 5.74) is 0.345. The van der Waals surface area contributed by atoms with E-state index < -0.39 is 11.4 Å². The molecule has 4 rings (SSSR count). The first-order valence-corrected chi connectivity index (χ1v) is 8.57. The monoisotopic (exact) mass is 355 g/mol. The fourth-order valence-electron chi connectivity index (χ4n) is 3.90. The van der Waals surface area contributed by atoms with Crippen molar-refractivity contribution in [3.63, 3.8) is 0 Å². The summed E-state index contributed by atoms with van der Waals surface area (Å²) in [5.74, 6) is -0.944. The van der Waals surface area contributed by atoms with Crippen molar-refractivity contribution >= 4 is 17.5 Å². The summed E-state index contributed by atoms with van der Waals surface area (Å²) < 4.78 is 13.3. The van der Waals surface area contributed by atoms with Crippen LogP contribution in [0.1, 0.15) is 29.6 Å². The number of carbonyl (C=O) groups is 2. The van der Waals surface area contributed by atoms with Crippen molar-refractivity contribution in [2.24, 2.45) is 5.41 Å². The van der Waals surface area contributed by atoms with E-state index in [0.717, 1.165) is 18.9 Å². The summed E-state index contributed by atoms with van der Waals surface area (Å²) in [6.45, 7) is 1.49. The summed E-state index contributed by atoms with van der Waals surface area (Å²) in [4.78, 5) is 40.6. The predicted octanol–water partition coefficient (Wildman–Crippen LogP) is 1.67. The molecular formula is C18H18FN5O2. The third-order valence-corrected chi connectivity index (χ3v) is 5.21. The zero-order valence-corrected chi connectivity index (χ0v) is 14.1. The van der Waals surface area contributed by atoms with Gasteiger partial charge in [-0.1, -0.05) is 0 Å². The van der Waals surface area contributed by atoms with Gasteiger partial charge < -0.3 is 9.80 Å². The fourth-order valence-corrected chi connectivity index (χ4v) is 3.90. The van der Waals surface area contributed by atoms with Crippen molar-refractivity contribution in [2.75, 3.05) is 24.5 Å². The lowest BCUT2D eigenvalue weighted by atomic mass is 9.78. The van der Waals surface area contributed by atoms with Gasteiger partial charge in [-0.05, 0) is 25.3 Å². The van der Waals surface area contributed by atoms with Gasteiger partial charge >= 0.3 is 0 Å². The number of pyridine rings is 1.